The Kier molecular flexibility index (Phi) is 13.9. The van der Waals surface area contributed by atoms with Crippen LogP contribution in [-0.4, -0.2) is 124 Å². The average Bonchev–Trinajstić information content (AvgIpc) is 3.57. The lowest BCUT2D eigenvalue weighted by Crippen LogP contribution is -2.49. The zero-order valence-corrected chi connectivity index (χ0v) is 31.5. The average molecular weight is 792 g/mol. The fourth-order valence-corrected chi connectivity index (χ4v) is 6.63. The van der Waals surface area contributed by atoms with Gasteiger partial charge in [0.05, 0.1) is 35.6 Å². The second-order valence-corrected chi connectivity index (χ2v) is 13.9. The lowest BCUT2D eigenvalue weighted by atomic mass is 10.1. The molecule has 0 saturated carbocycles. The number of halogens is 1. The van der Waals surface area contributed by atoms with Crippen molar-refractivity contribution in [3.8, 4) is 23.0 Å². The van der Waals surface area contributed by atoms with Gasteiger partial charge in [-0.1, -0.05) is 12.1 Å². The first kappa shape index (κ1) is 41.8. The maximum atomic E-state index is 15.3. The van der Waals surface area contributed by atoms with Crippen LogP contribution in [-0.2, 0) is 19.1 Å². The van der Waals surface area contributed by atoms with E-state index in [4.69, 9.17) is 4.74 Å². The number of ether oxygens (including phenoxy) is 1. The Balaban J connectivity index is 1.10. The number of phenols is 4. The third-order valence-electron chi connectivity index (χ3n) is 9.83. The lowest BCUT2D eigenvalue weighted by Gasteiger charge is -2.36. The number of Topliss-reactive ketones (excluding diaryl/α,β-unsaturated/α-hetero) is 2. The first-order chi connectivity index (χ1) is 27.2. The summed E-state index contributed by atoms with van der Waals surface area (Å²) >= 11 is 0. The maximum absolute atomic E-state index is 15.3. The Morgan fingerprint density at radius 2 is 1.53 bits per heavy atom. The zero-order valence-electron chi connectivity index (χ0n) is 31.5. The number of para-hydroxylation sites is 2. The summed E-state index contributed by atoms with van der Waals surface area (Å²) in [6.07, 6.45) is -0.0423. The van der Waals surface area contributed by atoms with Crippen LogP contribution in [0.25, 0.3) is 0 Å². The number of carbonyl (C=O) groups is 6. The number of amides is 4. The number of nitrogens with zero attached hydrogens (tertiary/aromatic N) is 4. The number of aromatic hydroxyl groups is 4. The van der Waals surface area contributed by atoms with Crippen molar-refractivity contribution >= 4 is 46.8 Å². The van der Waals surface area contributed by atoms with Crippen molar-refractivity contribution < 1.29 is 58.3 Å². The molecule has 0 radical (unpaired) electrons. The first-order valence-corrected chi connectivity index (χ1v) is 18.6. The number of hydrogen-bond donors (Lipinski definition) is 5. The molecule has 2 heterocycles. The molecule has 5 rings (SSSR count). The lowest BCUT2D eigenvalue weighted by molar-refractivity contribution is -0.133. The van der Waals surface area contributed by atoms with Crippen molar-refractivity contribution in [1.29, 1.82) is 0 Å². The van der Waals surface area contributed by atoms with Crippen LogP contribution < -0.4 is 15.1 Å². The third kappa shape index (κ3) is 10.7. The van der Waals surface area contributed by atoms with Crippen LogP contribution in [0.3, 0.4) is 0 Å². The van der Waals surface area contributed by atoms with Gasteiger partial charge in [0.15, 0.2) is 28.8 Å². The van der Waals surface area contributed by atoms with Crippen molar-refractivity contribution in [3.05, 3.63) is 71.5 Å². The van der Waals surface area contributed by atoms with Crippen molar-refractivity contribution in [3.63, 3.8) is 0 Å². The SMILES string of the molecule is CC(=O)CC[C@H]1CN(c2ccc(N3CCN(C(=O)CCC(=O)CN(CCCCNC(=O)c4cccc(O)c4O)C(=O)c4cccc(O)c4O)CC3)c(F)c2)C(=O)O1. The van der Waals surface area contributed by atoms with E-state index in [0.29, 0.717) is 43.7 Å². The number of phenolic OH excluding ortho intramolecular Hbond substituents is 4. The molecular weight excluding hydrogens is 745 g/mol. The van der Waals surface area contributed by atoms with Crippen molar-refractivity contribution in [2.24, 2.45) is 0 Å². The molecule has 2 aliphatic heterocycles. The van der Waals surface area contributed by atoms with Gasteiger partial charge >= 0.3 is 6.09 Å². The molecule has 3 aromatic carbocycles. The van der Waals surface area contributed by atoms with E-state index in [1.165, 1.54) is 59.2 Å². The zero-order chi connectivity index (χ0) is 41.2. The minimum absolute atomic E-state index is 0.0122. The second kappa shape index (κ2) is 19.0. The molecule has 0 bridgehead atoms. The summed E-state index contributed by atoms with van der Waals surface area (Å²) in [6.45, 7) is 2.64. The van der Waals surface area contributed by atoms with Gasteiger partial charge in [-0.25, -0.2) is 9.18 Å². The molecule has 5 N–H and O–H groups in total. The van der Waals surface area contributed by atoms with Gasteiger partial charge in [0.25, 0.3) is 11.8 Å². The molecule has 2 fully saturated rings. The number of rotatable bonds is 17. The van der Waals surface area contributed by atoms with E-state index in [1.54, 1.807) is 21.9 Å². The molecule has 2 saturated heterocycles. The van der Waals surface area contributed by atoms with E-state index in [1.807, 2.05) is 0 Å². The Hall–Kier alpha value is -6.39. The van der Waals surface area contributed by atoms with E-state index < -0.39 is 58.6 Å². The van der Waals surface area contributed by atoms with E-state index in [0.717, 1.165) is 0 Å². The molecule has 0 unspecified atom stereocenters. The van der Waals surface area contributed by atoms with E-state index in [2.05, 4.69) is 5.32 Å². The quantitative estimate of drug-likeness (QED) is 0.0978. The normalized spacial score (nSPS) is 15.3. The van der Waals surface area contributed by atoms with Crippen LogP contribution in [0.2, 0.25) is 0 Å². The summed E-state index contributed by atoms with van der Waals surface area (Å²) in [6, 6.07) is 12.3. The molecule has 1 atom stereocenters. The summed E-state index contributed by atoms with van der Waals surface area (Å²) < 4.78 is 20.6. The fraction of sp³-hybridized carbons (Fsp3) is 0.400. The van der Waals surface area contributed by atoms with Crippen molar-refractivity contribution in [2.75, 3.05) is 62.2 Å². The first-order valence-electron chi connectivity index (χ1n) is 18.6. The van der Waals surface area contributed by atoms with E-state index in [-0.39, 0.29) is 81.3 Å². The fourth-order valence-electron chi connectivity index (χ4n) is 6.63. The van der Waals surface area contributed by atoms with Gasteiger partial charge in [-0.3, -0.25) is 24.1 Å². The highest BCUT2D eigenvalue weighted by atomic mass is 19.1. The number of cyclic esters (lactones) is 1. The number of ketones is 2. The molecule has 0 spiro atoms. The van der Waals surface area contributed by atoms with Gasteiger partial charge in [-0.2, -0.15) is 0 Å². The Bertz CT molecular complexity index is 2000. The Labute approximate surface area is 328 Å². The molecule has 4 amide bonds. The van der Waals surface area contributed by atoms with Crippen LogP contribution in [0.1, 0.15) is 66.2 Å². The van der Waals surface area contributed by atoms with Gasteiger partial charge < -0.3 is 50.0 Å². The number of carbonyl (C=O) groups excluding carboxylic acids is 6. The Morgan fingerprint density at radius 1 is 0.860 bits per heavy atom. The molecule has 16 nitrogen and oxygen atoms in total. The largest absolute Gasteiger partial charge is 0.504 e. The molecule has 2 aliphatic rings. The van der Waals surface area contributed by atoms with Crippen molar-refractivity contribution in [2.45, 2.75) is 51.6 Å². The van der Waals surface area contributed by atoms with E-state index in [9.17, 15) is 49.2 Å². The van der Waals surface area contributed by atoms with Gasteiger partial charge in [0, 0.05) is 58.5 Å². The molecule has 3 aromatic rings. The summed E-state index contributed by atoms with van der Waals surface area (Å²) in [4.78, 5) is 81.7. The number of anilines is 2. The standard InChI is InChI=1S/C40H46FN5O11/c1-25(47)10-13-28-24-46(40(56)57-28)26-11-14-32(31(41)22-26)43-18-20-44(21-19-43)35(51)15-12-27(48)23-45(39(55)30-7-5-9-34(50)37(30)53)17-3-2-16-42-38(54)29-6-4-8-33(49)36(29)52/h4-9,11,14,22,28,49-50,52-53H,2-3,10,12-13,15-21,23-24H2,1H3,(H,42,54)/t28-/m0/s1. The predicted molar refractivity (Wildman–Crippen MR) is 204 cm³/mol. The molecule has 304 valence electrons. The van der Waals surface area contributed by atoms with E-state index >= 15 is 4.39 Å². The summed E-state index contributed by atoms with van der Waals surface area (Å²) in [7, 11) is 0. The summed E-state index contributed by atoms with van der Waals surface area (Å²) in [5.41, 5.74) is 0.311. The Morgan fingerprint density at radius 3 is 2.19 bits per heavy atom. The van der Waals surface area contributed by atoms with Gasteiger partial charge in [0.2, 0.25) is 5.91 Å². The number of unbranched alkanes of at least 4 members (excludes halogenated alkanes) is 1. The third-order valence-corrected chi connectivity index (χ3v) is 9.83. The van der Waals surface area contributed by atoms with Crippen LogP contribution in [0.4, 0.5) is 20.6 Å². The molecule has 0 aromatic heterocycles. The van der Waals surface area contributed by atoms with Gasteiger partial charge in [0.1, 0.15) is 17.7 Å². The minimum atomic E-state index is -0.720. The van der Waals surface area contributed by atoms with Crippen LogP contribution in [0, 0.1) is 5.82 Å². The van der Waals surface area contributed by atoms with Gasteiger partial charge in [-0.15, -0.1) is 0 Å². The van der Waals surface area contributed by atoms with Crippen LogP contribution in [0.5, 0.6) is 23.0 Å². The number of hydrogen-bond acceptors (Lipinski definition) is 12. The summed E-state index contributed by atoms with van der Waals surface area (Å²) in [5, 5.41) is 42.5. The summed E-state index contributed by atoms with van der Waals surface area (Å²) in [5.74, 6) is -4.76. The topological polar surface area (TPSA) is 218 Å². The monoisotopic (exact) mass is 791 g/mol. The van der Waals surface area contributed by atoms with Crippen LogP contribution in [0.15, 0.2) is 54.6 Å². The molecular formula is C40H46FN5O11. The second-order valence-electron chi connectivity index (χ2n) is 13.9. The van der Waals surface area contributed by atoms with Gasteiger partial charge in [-0.05, 0) is 68.7 Å². The van der Waals surface area contributed by atoms with Crippen LogP contribution >= 0.6 is 0 Å². The molecule has 17 heteroatoms. The number of piperazine rings is 1. The smallest absolute Gasteiger partial charge is 0.414 e. The highest BCUT2D eigenvalue weighted by molar-refractivity contribution is 6.00. The van der Waals surface area contributed by atoms with Crippen molar-refractivity contribution in [1.82, 2.24) is 15.1 Å². The minimum Gasteiger partial charge on any atom is -0.504 e. The predicted octanol–water partition coefficient (Wildman–Crippen LogP) is 3.69. The highest BCUT2D eigenvalue weighted by Gasteiger charge is 2.33. The number of benzene rings is 3. The molecule has 57 heavy (non-hydrogen) atoms. The number of nitrogens with one attached hydrogen (secondary N) is 1. The molecule has 0 aliphatic carbocycles. The maximum Gasteiger partial charge on any atom is 0.414 e. The highest BCUT2D eigenvalue weighted by Crippen LogP contribution is 2.31.